The summed E-state index contributed by atoms with van der Waals surface area (Å²) in [5, 5.41) is 6.98. The SMILES string of the molecule is CCCNC(=O)c1cccc(CNC2CCc3ccc(Cl)nc32)c1. The number of aryl methyl sites for hydroxylation is 1. The number of rotatable bonds is 6. The first-order valence-electron chi connectivity index (χ1n) is 8.43. The summed E-state index contributed by atoms with van der Waals surface area (Å²) >= 11 is 6.02. The van der Waals surface area contributed by atoms with E-state index in [0.717, 1.165) is 30.5 Å². The predicted octanol–water partition coefficient (Wildman–Crippen LogP) is 3.65. The highest BCUT2D eigenvalue weighted by atomic mass is 35.5. The largest absolute Gasteiger partial charge is 0.352 e. The van der Waals surface area contributed by atoms with E-state index in [-0.39, 0.29) is 11.9 Å². The molecule has 2 aromatic rings. The molecule has 3 rings (SSSR count). The number of nitrogens with zero attached hydrogens (tertiary/aromatic N) is 1. The van der Waals surface area contributed by atoms with Gasteiger partial charge in [0.25, 0.3) is 5.91 Å². The molecule has 0 saturated heterocycles. The Bertz CT molecular complexity index is 732. The summed E-state index contributed by atoms with van der Waals surface area (Å²) in [6.45, 7) is 3.44. The summed E-state index contributed by atoms with van der Waals surface area (Å²) in [7, 11) is 0. The van der Waals surface area contributed by atoms with E-state index in [1.807, 2.05) is 37.3 Å². The summed E-state index contributed by atoms with van der Waals surface area (Å²) < 4.78 is 0. The van der Waals surface area contributed by atoms with E-state index in [9.17, 15) is 4.79 Å². The van der Waals surface area contributed by atoms with Gasteiger partial charge in [0.2, 0.25) is 0 Å². The maximum absolute atomic E-state index is 12.1. The molecule has 0 spiro atoms. The number of nitrogens with one attached hydrogen (secondary N) is 2. The van der Waals surface area contributed by atoms with Crippen molar-refractivity contribution in [3.63, 3.8) is 0 Å². The highest BCUT2D eigenvalue weighted by Gasteiger charge is 2.23. The summed E-state index contributed by atoms with van der Waals surface area (Å²) in [5.74, 6) is -0.0154. The molecule has 1 aromatic carbocycles. The second kappa shape index (κ2) is 7.77. The lowest BCUT2D eigenvalue weighted by molar-refractivity contribution is 0.0953. The summed E-state index contributed by atoms with van der Waals surface area (Å²) in [5.41, 5.74) is 4.12. The molecule has 0 saturated carbocycles. The Balaban J connectivity index is 1.64. The van der Waals surface area contributed by atoms with Gasteiger partial charge >= 0.3 is 0 Å². The molecule has 1 aromatic heterocycles. The van der Waals surface area contributed by atoms with Crippen LogP contribution in [0.15, 0.2) is 36.4 Å². The summed E-state index contributed by atoms with van der Waals surface area (Å²) in [4.78, 5) is 16.5. The van der Waals surface area contributed by atoms with E-state index in [4.69, 9.17) is 11.6 Å². The third kappa shape index (κ3) is 3.94. The molecule has 0 radical (unpaired) electrons. The number of hydrogen-bond acceptors (Lipinski definition) is 3. The van der Waals surface area contributed by atoms with E-state index < -0.39 is 0 Å². The first-order chi connectivity index (χ1) is 11.7. The molecule has 0 bridgehead atoms. The number of carbonyl (C=O) groups excluding carboxylic acids is 1. The van der Waals surface area contributed by atoms with Gasteiger partial charge in [0.05, 0.1) is 11.7 Å². The van der Waals surface area contributed by atoms with Crippen molar-refractivity contribution in [3.8, 4) is 0 Å². The zero-order valence-electron chi connectivity index (χ0n) is 13.8. The van der Waals surface area contributed by atoms with Gasteiger partial charge in [0.1, 0.15) is 5.15 Å². The van der Waals surface area contributed by atoms with Gasteiger partial charge in [-0.15, -0.1) is 0 Å². The van der Waals surface area contributed by atoms with E-state index in [0.29, 0.717) is 23.8 Å². The van der Waals surface area contributed by atoms with Gasteiger partial charge in [0.15, 0.2) is 0 Å². The van der Waals surface area contributed by atoms with Gasteiger partial charge in [-0.2, -0.15) is 0 Å². The van der Waals surface area contributed by atoms with Crippen LogP contribution in [-0.2, 0) is 13.0 Å². The molecular weight excluding hydrogens is 322 g/mol. The number of benzene rings is 1. The second-order valence-corrected chi connectivity index (χ2v) is 6.49. The molecule has 1 unspecified atom stereocenters. The van der Waals surface area contributed by atoms with Crippen LogP contribution in [0.2, 0.25) is 5.15 Å². The molecule has 5 heteroatoms. The fraction of sp³-hybridized carbons (Fsp3) is 0.368. The Morgan fingerprint density at radius 1 is 1.33 bits per heavy atom. The van der Waals surface area contributed by atoms with Gasteiger partial charge in [-0.3, -0.25) is 4.79 Å². The Kier molecular flexibility index (Phi) is 5.48. The van der Waals surface area contributed by atoms with E-state index in [1.165, 1.54) is 5.56 Å². The van der Waals surface area contributed by atoms with Crippen LogP contribution in [0.5, 0.6) is 0 Å². The molecule has 126 valence electrons. The third-order valence-corrected chi connectivity index (χ3v) is 4.50. The molecule has 1 aliphatic carbocycles. The van der Waals surface area contributed by atoms with Gasteiger partial charge in [0, 0.05) is 18.7 Å². The second-order valence-electron chi connectivity index (χ2n) is 6.11. The normalized spacial score (nSPS) is 16.0. The summed E-state index contributed by atoms with van der Waals surface area (Å²) in [6, 6.07) is 11.9. The van der Waals surface area contributed by atoms with E-state index in [1.54, 1.807) is 0 Å². The molecular formula is C19H22ClN3O. The monoisotopic (exact) mass is 343 g/mol. The maximum atomic E-state index is 12.1. The minimum atomic E-state index is -0.0154. The number of amides is 1. The Hall–Kier alpha value is -1.91. The zero-order chi connectivity index (χ0) is 16.9. The predicted molar refractivity (Wildman–Crippen MR) is 96.2 cm³/mol. The van der Waals surface area contributed by atoms with Gasteiger partial charge in [-0.05, 0) is 48.6 Å². The van der Waals surface area contributed by atoms with Gasteiger partial charge in [-0.25, -0.2) is 4.98 Å². The Morgan fingerprint density at radius 2 is 2.21 bits per heavy atom. The van der Waals surface area contributed by atoms with E-state index >= 15 is 0 Å². The number of aromatic nitrogens is 1. The van der Waals surface area contributed by atoms with Crippen LogP contribution in [0.4, 0.5) is 0 Å². The van der Waals surface area contributed by atoms with Crippen LogP contribution >= 0.6 is 11.6 Å². The highest BCUT2D eigenvalue weighted by Crippen LogP contribution is 2.30. The number of pyridine rings is 1. The van der Waals surface area contributed by atoms with Crippen molar-refractivity contribution in [2.24, 2.45) is 0 Å². The first-order valence-corrected chi connectivity index (χ1v) is 8.81. The Labute approximate surface area is 147 Å². The topological polar surface area (TPSA) is 54.0 Å². The van der Waals surface area contributed by atoms with Crippen molar-refractivity contribution in [1.29, 1.82) is 0 Å². The molecule has 0 fully saturated rings. The van der Waals surface area contributed by atoms with Crippen molar-refractivity contribution in [2.45, 2.75) is 38.8 Å². The van der Waals surface area contributed by atoms with Crippen LogP contribution in [0.25, 0.3) is 0 Å². The fourth-order valence-corrected chi connectivity index (χ4v) is 3.19. The molecule has 4 nitrogen and oxygen atoms in total. The van der Waals surface area contributed by atoms with Crippen molar-refractivity contribution in [1.82, 2.24) is 15.6 Å². The van der Waals surface area contributed by atoms with Crippen molar-refractivity contribution >= 4 is 17.5 Å². The molecule has 1 atom stereocenters. The standard InChI is InChI=1S/C19H22ClN3O/c1-2-10-21-19(24)15-5-3-4-13(11-15)12-22-16-8-6-14-7-9-17(20)23-18(14)16/h3-5,7,9,11,16,22H,2,6,8,10,12H2,1H3,(H,21,24). The molecule has 1 amide bonds. The van der Waals surface area contributed by atoms with E-state index in [2.05, 4.69) is 21.7 Å². The van der Waals surface area contributed by atoms with Crippen LogP contribution in [0.3, 0.4) is 0 Å². The lowest BCUT2D eigenvalue weighted by Crippen LogP contribution is -2.24. The van der Waals surface area contributed by atoms with Crippen LogP contribution < -0.4 is 10.6 Å². The average molecular weight is 344 g/mol. The smallest absolute Gasteiger partial charge is 0.251 e. The molecule has 24 heavy (non-hydrogen) atoms. The lowest BCUT2D eigenvalue weighted by atomic mass is 10.1. The third-order valence-electron chi connectivity index (χ3n) is 4.29. The quantitative estimate of drug-likeness (QED) is 0.787. The van der Waals surface area contributed by atoms with Crippen molar-refractivity contribution < 1.29 is 4.79 Å². The van der Waals surface area contributed by atoms with Gasteiger partial charge in [-0.1, -0.05) is 36.7 Å². The van der Waals surface area contributed by atoms with Crippen molar-refractivity contribution in [2.75, 3.05) is 6.54 Å². The highest BCUT2D eigenvalue weighted by molar-refractivity contribution is 6.29. The minimum Gasteiger partial charge on any atom is -0.352 e. The number of hydrogen-bond donors (Lipinski definition) is 2. The molecule has 2 N–H and O–H groups in total. The lowest BCUT2D eigenvalue weighted by Gasteiger charge is -2.14. The van der Waals surface area contributed by atoms with Crippen LogP contribution in [0.1, 0.15) is 53.0 Å². The Morgan fingerprint density at radius 3 is 3.04 bits per heavy atom. The van der Waals surface area contributed by atoms with Gasteiger partial charge < -0.3 is 10.6 Å². The number of fused-ring (bicyclic) bond motifs is 1. The average Bonchev–Trinajstić information content (AvgIpc) is 3.00. The molecule has 0 aliphatic heterocycles. The molecule has 1 heterocycles. The number of halogens is 1. The number of carbonyl (C=O) groups is 1. The van der Waals surface area contributed by atoms with Crippen molar-refractivity contribution in [3.05, 3.63) is 63.9 Å². The van der Waals surface area contributed by atoms with Crippen LogP contribution in [0, 0.1) is 0 Å². The fourth-order valence-electron chi connectivity index (χ4n) is 3.03. The first kappa shape index (κ1) is 16.9. The maximum Gasteiger partial charge on any atom is 0.251 e. The molecule has 1 aliphatic rings. The summed E-state index contributed by atoms with van der Waals surface area (Å²) in [6.07, 6.45) is 2.99. The zero-order valence-corrected chi connectivity index (χ0v) is 14.6. The minimum absolute atomic E-state index is 0.0154. The van der Waals surface area contributed by atoms with Crippen LogP contribution in [-0.4, -0.2) is 17.4 Å².